The van der Waals surface area contributed by atoms with Gasteiger partial charge in [-0.3, -0.25) is 9.69 Å². The number of nitrogens with zero attached hydrogens (tertiary/aromatic N) is 3. The fraction of sp³-hybridized carbons (Fsp3) is 0.444. The second-order valence-electron chi connectivity index (χ2n) is 6.88. The highest BCUT2D eigenvalue weighted by Crippen LogP contribution is 2.33. The monoisotopic (exact) mass is 447 g/mol. The van der Waals surface area contributed by atoms with Crippen LogP contribution < -0.4 is 0 Å². The Hall–Kier alpha value is -1.98. The van der Waals surface area contributed by atoms with Crippen molar-refractivity contribution in [2.45, 2.75) is 6.18 Å². The zero-order chi connectivity index (χ0) is 21.2. The Morgan fingerprint density at radius 3 is 2.52 bits per heavy atom. The minimum absolute atomic E-state index is 0.0768. The lowest BCUT2D eigenvalue weighted by Crippen LogP contribution is -2.49. The van der Waals surface area contributed by atoms with E-state index >= 15 is 0 Å². The van der Waals surface area contributed by atoms with Gasteiger partial charge in [0.25, 0.3) is 5.91 Å². The summed E-state index contributed by atoms with van der Waals surface area (Å²) in [7, 11) is -3.03. The minimum Gasteiger partial charge on any atom is -0.335 e. The molecule has 1 amide bonds. The number of hydrogen-bond donors (Lipinski definition) is 0. The van der Waals surface area contributed by atoms with E-state index in [4.69, 9.17) is 0 Å². The first-order chi connectivity index (χ1) is 13.5. The van der Waals surface area contributed by atoms with Gasteiger partial charge in [-0.25, -0.2) is 13.4 Å². The van der Waals surface area contributed by atoms with Crippen LogP contribution in [0.1, 0.15) is 16.1 Å². The summed E-state index contributed by atoms with van der Waals surface area (Å²) in [5, 5.41) is 1.90. The highest BCUT2D eigenvalue weighted by Gasteiger charge is 2.31. The Morgan fingerprint density at radius 2 is 1.90 bits per heavy atom. The number of rotatable bonds is 5. The Balaban J connectivity index is 1.63. The number of carbonyl (C=O) groups excluding carboxylic acids is 1. The topological polar surface area (TPSA) is 70.6 Å². The third kappa shape index (κ3) is 5.77. The third-order valence-electron chi connectivity index (χ3n) is 4.60. The first-order valence-electron chi connectivity index (χ1n) is 8.85. The number of sulfone groups is 1. The van der Waals surface area contributed by atoms with Crippen LogP contribution in [0.15, 0.2) is 29.6 Å². The molecule has 158 valence electrons. The standard InChI is InChI=1S/C18H20F3N3O3S2/c1-29(26,27)10-9-23-5-7-24(8-6-23)17(25)15-12-28-16(22-15)13-3-2-4-14(11-13)18(19,20)21/h2-4,11-12H,5-10H2,1H3. The quantitative estimate of drug-likeness (QED) is 0.705. The fourth-order valence-electron chi connectivity index (χ4n) is 2.96. The molecule has 1 aliphatic rings. The van der Waals surface area contributed by atoms with Crippen molar-refractivity contribution < 1.29 is 26.4 Å². The Kier molecular flexibility index (Phi) is 6.30. The second kappa shape index (κ2) is 8.41. The van der Waals surface area contributed by atoms with Crippen LogP contribution in [-0.4, -0.2) is 73.8 Å². The largest absolute Gasteiger partial charge is 0.416 e. The number of halogens is 3. The SMILES string of the molecule is CS(=O)(=O)CCN1CCN(C(=O)c2csc(-c3cccc(C(F)(F)F)c3)n2)CC1. The summed E-state index contributed by atoms with van der Waals surface area (Å²) < 4.78 is 61.2. The van der Waals surface area contributed by atoms with E-state index in [1.165, 1.54) is 18.4 Å². The molecule has 1 fully saturated rings. The van der Waals surface area contributed by atoms with E-state index in [2.05, 4.69) is 4.98 Å². The average Bonchev–Trinajstić information content (AvgIpc) is 3.15. The first kappa shape index (κ1) is 21.7. The predicted molar refractivity (Wildman–Crippen MR) is 105 cm³/mol. The van der Waals surface area contributed by atoms with E-state index in [9.17, 15) is 26.4 Å². The van der Waals surface area contributed by atoms with E-state index in [1.807, 2.05) is 4.90 Å². The minimum atomic E-state index is -4.44. The van der Waals surface area contributed by atoms with Crippen molar-refractivity contribution in [3.8, 4) is 10.6 Å². The third-order valence-corrected chi connectivity index (χ3v) is 6.41. The zero-order valence-corrected chi connectivity index (χ0v) is 17.3. The lowest BCUT2D eigenvalue weighted by Gasteiger charge is -2.34. The maximum absolute atomic E-state index is 12.9. The van der Waals surface area contributed by atoms with Crippen molar-refractivity contribution in [2.75, 3.05) is 44.7 Å². The molecule has 6 nitrogen and oxygen atoms in total. The van der Waals surface area contributed by atoms with Crippen LogP contribution in [0, 0.1) is 0 Å². The van der Waals surface area contributed by atoms with Crippen molar-refractivity contribution in [3.63, 3.8) is 0 Å². The second-order valence-corrected chi connectivity index (χ2v) is 10.00. The zero-order valence-electron chi connectivity index (χ0n) is 15.6. The van der Waals surface area contributed by atoms with Crippen LogP contribution in [0.2, 0.25) is 0 Å². The van der Waals surface area contributed by atoms with Gasteiger partial charge in [0, 0.05) is 49.9 Å². The number of aromatic nitrogens is 1. The summed E-state index contributed by atoms with van der Waals surface area (Å²) in [6.45, 7) is 2.44. The lowest BCUT2D eigenvalue weighted by molar-refractivity contribution is -0.137. The van der Waals surface area contributed by atoms with Gasteiger partial charge in [-0.2, -0.15) is 13.2 Å². The van der Waals surface area contributed by atoms with E-state index in [-0.39, 0.29) is 17.4 Å². The number of piperazine rings is 1. The van der Waals surface area contributed by atoms with Crippen LogP contribution >= 0.6 is 11.3 Å². The number of thiazole rings is 1. The van der Waals surface area contributed by atoms with Gasteiger partial charge in [-0.1, -0.05) is 12.1 Å². The van der Waals surface area contributed by atoms with Gasteiger partial charge >= 0.3 is 6.18 Å². The van der Waals surface area contributed by atoms with E-state index in [0.29, 0.717) is 43.3 Å². The summed E-state index contributed by atoms with van der Waals surface area (Å²) in [5.41, 5.74) is -0.246. The van der Waals surface area contributed by atoms with Crippen molar-refractivity contribution in [3.05, 3.63) is 40.9 Å². The molecule has 0 bridgehead atoms. The number of amides is 1. The van der Waals surface area contributed by atoms with Gasteiger partial charge in [0.05, 0.1) is 11.3 Å². The number of hydrogen-bond acceptors (Lipinski definition) is 6. The van der Waals surface area contributed by atoms with Crippen LogP contribution in [0.3, 0.4) is 0 Å². The Morgan fingerprint density at radius 1 is 1.21 bits per heavy atom. The normalized spacial score (nSPS) is 16.2. The van der Waals surface area contributed by atoms with Gasteiger partial charge in [-0.05, 0) is 12.1 Å². The summed E-state index contributed by atoms with van der Waals surface area (Å²) in [4.78, 5) is 20.5. The lowest BCUT2D eigenvalue weighted by atomic mass is 10.1. The van der Waals surface area contributed by atoms with Crippen LogP contribution in [0.4, 0.5) is 13.2 Å². The van der Waals surface area contributed by atoms with Crippen molar-refractivity contribution >= 4 is 27.1 Å². The predicted octanol–water partition coefficient (Wildman–Crippen LogP) is 2.63. The Labute approximate surface area is 170 Å². The number of benzene rings is 1. The van der Waals surface area contributed by atoms with Crippen LogP contribution in [0.25, 0.3) is 10.6 Å². The van der Waals surface area contributed by atoms with Crippen LogP contribution in [0.5, 0.6) is 0 Å². The molecule has 29 heavy (non-hydrogen) atoms. The van der Waals surface area contributed by atoms with Crippen molar-refractivity contribution in [2.24, 2.45) is 0 Å². The molecule has 1 aromatic heterocycles. The number of carbonyl (C=O) groups is 1. The molecule has 11 heteroatoms. The molecule has 0 unspecified atom stereocenters. The molecule has 2 heterocycles. The molecular weight excluding hydrogens is 427 g/mol. The summed E-state index contributed by atoms with van der Waals surface area (Å²) in [5.74, 6) is -0.199. The maximum atomic E-state index is 12.9. The highest BCUT2D eigenvalue weighted by molar-refractivity contribution is 7.90. The van der Waals surface area contributed by atoms with Crippen molar-refractivity contribution in [1.82, 2.24) is 14.8 Å². The molecule has 3 rings (SSSR count). The summed E-state index contributed by atoms with van der Waals surface area (Å²) in [6.07, 6.45) is -3.25. The van der Waals surface area contributed by atoms with E-state index in [1.54, 1.807) is 10.3 Å². The van der Waals surface area contributed by atoms with Gasteiger partial charge in [0.15, 0.2) is 0 Å². The fourth-order valence-corrected chi connectivity index (χ4v) is 4.35. The molecule has 0 aliphatic carbocycles. The molecule has 0 saturated carbocycles. The van der Waals surface area contributed by atoms with E-state index < -0.39 is 21.6 Å². The molecule has 0 spiro atoms. The smallest absolute Gasteiger partial charge is 0.335 e. The van der Waals surface area contributed by atoms with Gasteiger partial charge in [-0.15, -0.1) is 11.3 Å². The number of alkyl halides is 3. The van der Waals surface area contributed by atoms with E-state index in [0.717, 1.165) is 23.5 Å². The summed E-state index contributed by atoms with van der Waals surface area (Å²) >= 11 is 1.12. The average molecular weight is 448 g/mol. The van der Waals surface area contributed by atoms with Gasteiger partial charge in [0.2, 0.25) is 0 Å². The van der Waals surface area contributed by atoms with Gasteiger partial charge < -0.3 is 4.90 Å². The molecule has 0 N–H and O–H groups in total. The van der Waals surface area contributed by atoms with Gasteiger partial charge in [0.1, 0.15) is 20.5 Å². The summed E-state index contributed by atoms with van der Waals surface area (Å²) in [6, 6.07) is 4.86. The molecule has 1 aliphatic heterocycles. The molecule has 1 aromatic carbocycles. The molecule has 2 aromatic rings. The maximum Gasteiger partial charge on any atom is 0.416 e. The van der Waals surface area contributed by atoms with Crippen molar-refractivity contribution in [1.29, 1.82) is 0 Å². The molecule has 0 radical (unpaired) electrons. The van der Waals surface area contributed by atoms with Crippen LogP contribution in [-0.2, 0) is 16.0 Å². The first-order valence-corrected chi connectivity index (χ1v) is 11.8. The molecule has 0 atom stereocenters. The highest BCUT2D eigenvalue weighted by atomic mass is 32.2. The molecule has 1 saturated heterocycles. The Bertz CT molecular complexity index is 981. The molecular formula is C18H20F3N3O3S2.